The van der Waals surface area contributed by atoms with Crippen molar-refractivity contribution in [2.45, 2.75) is 19.8 Å². The molecule has 0 saturated carbocycles. The number of hydrogen-bond acceptors (Lipinski definition) is 1. The standard InChI is InChI=1S/C24H22F2O/c1-3-5-6-17-7-8-20-16-21(10-9-19(20)15-17)24(26)23(25)18-11-13-22(14-12-18)27-4-2/h3,7-16H,1,4-6H2,2H3. The summed E-state index contributed by atoms with van der Waals surface area (Å²) in [5.74, 6) is -1.11. The van der Waals surface area contributed by atoms with Crippen molar-refractivity contribution in [3.05, 3.63) is 90.0 Å². The van der Waals surface area contributed by atoms with E-state index in [0.717, 1.165) is 23.6 Å². The van der Waals surface area contributed by atoms with E-state index in [1.165, 1.54) is 17.7 Å². The molecule has 0 amide bonds. The Hall–Kier alpha value is -2.94. The van der Waals surface area contributed by atoms with E-state index in [2.05, 4.69) is 12.6 Å². The summed E-state index contributed by atoms with van der Waals surface area (Å²) >= 11 is 0. The van der Waals surface area contributed by atoms with Gasteiger partial charge in [-0.2, -0.15) is 0 Å². The first-order valence-electron chi connectivity index (χ1n) is 9.05. The first kappa shape index (κ1) is 18.8. The summed E-state index contributed by atoms with van der Waals surface area (Å²) in [5, 5.41) is 1.89. The van der Waals surface area contributed by atoms with Crippen LogP contribution in [0.15, 0.2) is 73.3 Å². The number of fused-ring (bicyclic) bond motifs is 1. The fourth-order valence-electron chi connectivity index (χ4n) is 2.97. The topological polar surface area (TPSA) is 9.23 Å². The zero-order valence-corrected chi connectivity index (χ0v) is 15.3. The lowest BCUT2D eigenvalue weighted by Crippen LogP contribution is -1.91. The molecule has 27 heavy (non-hydrogen) atoms. The molecule has 0 aromatic heterocycles. The lowest BCUT2D eigenvalue weighted by molar-refractivity contribution is 0.340. The molecule has 3 aromatic carbocycles. The first-order chi connectivity index (χ1) is 13.1. The van der Waals surface area contributed by atoms with Crippen molar-refractivity contribution < 1.29 is 13.5 Å². The molecule has 0 saturated heterocycles. The summed E-state index contributed by atoms with van der Waals surface area (Å²) in [6.45, 7) is 6.13. The van der Waals surface area contributed by atoms with Gasteiger partial charge in [0.2, 0.25) is 0 Å². The molecule has 138 valence electrons. The minimum absolute atomic E-state index is 0.191. The van der Waals surface area contributed by atoms with E-state index in [9.17, 15) is 8.78 Å². The van der Waals surface area contributed by atoms with Crippen LogP contribution in [0.25, 0.3) is 22.4 Å². The fraction of sp³-hybridized carbons (Fsp3) is 0.167. The molecule has 0 aliphatic carbocycles. The van der Waals surface area contributed by atoms with Gasteiger partial charge in [-0.3, -0.25) is 0 Å². The van der Waals surface area contributed by atoms with Crippen LogP contribution < -0.4 is 4.74 Å². The van der Waals surface area contributed by atoms with Gasteiger partial charge >= 0.3 is 0 Å². The zero-order valence-electron chi connectivity index (χ0n) is 15.3. The molecule has 0 bridgehead atoms. The Morgan fingerprint density at radius 1 is 0.889 bits per heavy atom. The van der Waals surface area contributed by atoms with Gasteiger partial charge in [-0.1, -0.05) is 36.4 Å². The third-order valence-electron chi connectivity index (χ3n) is 4.41. The quantitative estimate of drug-likeness (QED) is 0.320. The molecule has 0 N–H and O–H groups in total. The van der Waals surface area contributed by atoms with Crippen LogP contribution in [0, 0.1) is 0 Å². The average molecular weight is 364 g/mol. The van der Waals surface area contributed by atoms with Gasteiger partial charge in [0.05, 0.1) is 6.61 Å². The molecule has 0 aliphatic heterocycles. The van der Waals surface area contributed by atoms with Crippen LogP contribution in [0.5, 0.6) is 5.75 Å². The van der Waals surface area contributed by atoms with Gasteiger partial charge in [0.15, 0.2) is 11.7 Å². The highest BCUT2D eigenvalue weighted by atomic mass is 19.2. The number of hydrogen-bond donors (Lipinski definition) is 0. The van der Waals surface area contributed by atoms with Gasteiger partial charge in [0, 0.05) is 11.1 Å². The number of benzene rings is 3. The minimum Gasteiger partial charge on any atom is -0.494 e. The van der Waals surface area contributed by atoms with Crippen LogP contribution in [0.2, 0.25) is 0 Å². The molecule has 0 atom stereocenters. The number of halogens is 2. The Labute approximate surface area is 158 Å². The summed E-state index contributed by atoms with van der Waals surface area (Å²) < 4.78 is 34.6. The van der Waals surface area contributed by atoms with Crippen molar-refractivity contribution in [3.63, 3.8) is 0 Å². The van der Waals surface area contributed by atoms with E-state index in [1.807, 2.05) is 31.2 Å². The Morgan fingerprint density at radius 2 is 1.52 bits per heavy atom. The van der Waals surface area contributed by atoms with Crippen LogP contribution in [-0.4, -0.2) is 6.61 Å². The number of ether oxygens (including phenoxy) is 1. The van der Waals surface area contributed by atoms with Gasteiger partial charge < -0.3 is 4.74 Å². The highest BCUT2D eigenvalue weighted by molar-refractivity contribution is 5.90. The van der Waals surface area contributed by atoms with Crippen LogP contribution in [0.4, 0.5) is 8.78 Å². The molecule has 0 unspecified atom stereocenters. The SMILES string of the molecule is C=CCCc1ccc2cc(C(F)=C(F)c3ccc(OCC)cc3)ccc2c1. The smallest absolute Gasteiger partial charge is 0.166 e. The molecule has 3 rings (SSSR count). The lowest BCUT2D eigenvalue weighted by Gasteiger charge is -2.07. The Balaban J connectivity index is 1.90. The molecular weight excluding hydrogens is 342 g/mol. The molecule has 0 heterocycles. The molecule has 3 heteroatoms. The largest absolute Gasteiger partial charge is 0.494 e. The van der Waals surface area contributed by atoms with Crippen LogP contribution in [0.3, 0.4) is 0 Å². The molecule has 0 radical (unpaired) electrons. The molecule has 0 spiro atoms. The third kappa shape index (κ3) is 4.43. The van der Waals surface area contributed by atoms with Crippen molar-refractivity contribution in [1.29, 1.82) is 0 Å². The number of aryl methyl sites for hydroxylation is 1. The van der Waals surface area contributed by atoms with Crippen molar-refractivity contribution in [3.8, 4) is 5.75 Å². The van der Waals surface area contributed by atoms with Crippen molar-refractivity contribution in [1.82, 2.24) is 0 Å². The van der Waals surface area contributed by atoms with Crippen LogP contribution in [0.1, 0.15) is 30.0 Å². The minimum atomic E-state index is -0.875. The monoisotopic (exact) mass is 364 g/mol. The Kier molecular flexibility index (Phi) is 6.02. The molecule has 1 nitrogen and oxygen atoms in total. The second-order valence-corrected chi connectivity index (χ2v) is 6.31. The van der Waals surface area contributed by atoms with E-state index in [4.69, 9.17) is 4.74 Å². The maximum atomic E-state index is 14.7. The summed E-state index contributed by atoms with van der Waals surface area (Å²) in [5.41, 5.74) is 1.62. The van der Waals surface area contributed by atoms with E-state index < -0.39 is 11.7 Å². The first-order valence-corrected chi connectivity index (χ1v) is 9.05. The molecule has 0 fully saturated rings. The number of rotatable bonds is 7. The Morgan fingerprint density at radius 3 is 2.22 bits per heavy atom. The van der Waals surface area contributed by atoms with Gasteiger partial charge in [-0.25, -0.2) is 8.78 Å². The van der Waals surface area contributed by atoms with E-state index >= 15 is 0 Å². The second-order valence-electron chi connectivity index (χ2n) is 6.31. The van der Waals surface area contributed by atoms with Gasteiger partial charge in [-0.15, -0.1) is 6.58 Å². The van der Waals surface area contributed by atoms with Crippen LogP contribution >= 0.6 is 0 Å². The average Bonchev–Trinajstić information content (AvgIpc) is 2.71. The zero-order chi connectivity index (χ0) is 19.2. The Bertz CT molecular complexity index is 971. The highest BCUT2D eigenvalue weighted by Crippen LogP contribution is 2.31. The normalized spacial score (nSPS) is 12.0. The summed E-state index contributed by atoms with van der Waals surface area (Å²) in [6.07, 6.45) is 3.72. The predicted molar refractivity (Wildman–Crippen MR) is 109 cm³/mol. The fourth-order valence-corrected chi connectivity index (χ4v) is 2.97. The van der Waals surface area contributed by atoms with Gasteiger partial charge in [0.1, 0.15) is 5.75 Å². The molecule has 3 aromatic rings. The predicted octanol–water partition coefficient (Wildman–Crippen LogP) is 7.12. The maximum absolute atomic E-state index is 14.7. The second kappa shape index (κ2) is 8.63. The van der Waals surface area contributed by atoms with E-state index in [-0.39, 0.29) is 11.1 Å². The summed E-state index contributed by atoms with van der Waals surface area (Å²) in [6, 6.07) is 17.5. The lowest BCUT2D eigenvalue weighted by atomic mass is 10.0. The van der Waals surface area contributed by atoms with Crippen molar-refractivity contribution in [2.75, 3.05) is 6.61 Å². The van der Waals surface area contributed by atoms with Crippen molar-refractivity contribution >= 4 is 22.4 Å². The van der Waals surface area contributed by atoms with Crippen LogP contribution in [-0.2, 0) is 6.42 Å². The highest BCUT2D eigenvalue weighted by Gasteiger charge is 2.12. The summed E-state index contributed by atoms with van der Waals surface area (Å²) in [7, 11) is 0. The van der Waals surface area contributed by atoms with Gasteiger partial charge in [0.25, 0.3) is 0 Å². The van der Waals surface area contributed by atoms with E-state index in [1.54, 1.807) is 24.3 Å². The molecular formula is C24H22F2O. The summed E-state index contributed by atoms with van der Waals surface area (Å²) in [4.78, 5) is 0. The molecule has 0 aliphatic rings. The number of allylic oxidation sites excluding steroid dienone is 1. The van der Waals surface area contributed by atoms with E-state index in [0.29, 0.717) is 12.4 Å². The maximum Gasteiger partial charge on any atom is 0.166 e. The van der Waals surface area contributed by atoms with Gasteiger partial charge in [-0.05, 0) is 66.4 Å². The third-order valence-corrected chi connectivity index (χ3v) is 4.41. The van der Waals surface area contributed by atoms with Crippen molar-refractivity contribution in [2.24, 2.45) is 0 Å².